The van der Waals surface area contributed by atoms with E-state index in [1.807, 2.05) is 13.8 Å². The third-order valence-electron chi connectivity index (χ3n) is 4.25. The summed E-state index contributed by atoms with van der Waals surface area (Å²) in [4.78, 5) is 34.3. The molecule has 4 heterocycles. The van der Waals surface area contributed by atoms with Crippen LogP contribution in [-0.4, -0.2) is 50.0 Å². The molecule has 2 aromatic rings. The van der Waals surface area contributed by atoms with Crippen LogP contribution in [0.25, 0.3) is 11.2 Å². The van der Waals surface area contributed by atoms with Gasteiger partial charge in [-0.25, -0.2) is 4.98 Å². The second-order valence-corrected chi connectivity index (χ2v) is 6.65. The fraction of sp³-hybridized carbons (Fsp3) is 0.600. The smallest absolute Gasteiger partial charge is 0.280 e. The highest BCUT2D eigenvalue weighted by atomic mass is 16.7. The number of hydrogen-bond donors (Lipinski definition) is 2. The summed E-state index contributed by atoms with van der Waals surface area (Å²) < 4.78 is 19.2. The lowest BCUT2D eigenvalue weighted by Gasteiger charge is -2.36. The molecule has 0 spiro atoms. The molecule has 2 aromatic heterocycles. The van der Waals surface area contributed by atoms with Crippen molar-refractivity contribution in [2.24, 2.45) is 0 Å². The van der Waals surface area contributed by atoms with Crippen LogP contribution in [0.5, 0.6) is 0 Å². The van der Waals surface area contributed by atoms with E-state index in [9.17, 15) is 9.59 Å². The molecule has 2 fully saturated rings. The molecule has 1 amide bonds. The average molecular weight is 349 g/mol. The Morgan fingerprint density at radius 1 is 1.44 bits per heavy atom. The van der Waals surface area contributed by atoms with E-state index in [0.717, 1.165) is 0 Å². The number of carbonyl (C=O) groups excluding carboxylic acids is 1. The summed E-state index contributed by atoms with van der Waals surface area (Å²) >= 11 is 0. The molecule has 134 valence electrons. The molecule has 2 saturated heterocycles. The van der Waals surface area contributed by atoms with Crippen molar-refractivity contribution in [2.75, 3.05) is 11.9 Å². The monoisotopic (exact) mass is 349 g/mol. The van der Waals surface area contributed by atoms with Gasteiger partial charge in [0.2, 0.25) is 11.9 Å². The Hall–Kier alpha value is -2.30. The van der Waals surface area contributed by atoms with Gasteiger partial charge in [0.1, 0.15) is 12.3 Å². The van der Waals surface area contributed by atoms with E-state index in [1.54, 1.807) is 4.57 Å². The molecule has 2 aliphatic heterocycles. The van der Waals surface area contributed by atoms with Gasteiger partial charge < -0.3 is 14.2 Å². The highest BCUT2D eigenvalue weighted by molar-refractivity contribution is 5.87. The number of amides is 1. The van der Waals surface area contributed by atoms with Gasteiger partial charge in [0, 0.05) is 13.3 Å². The first kappa shape index (κ1) is 16.2. The van der Waals surface area contributed by atoms with Crippen molar-refractivity contribution in [3.8, 4) is 0 Å². The topological polar surface area (TPSA) is 120 Å². The Balaban J connectivity index is 1.67. The van der Waals surface area contributed by atoms with Gasteiger partial charge in [0.15, 0.2) is 17.0 Å². The Bertz CT molecular complexity index is 888. The minimum Gasteiger partial charge on any atom is -0.349 e. The summed E-state index contributed by atoms with van der Waals surface area (Å²) in [5.41, 5.74) is 0.102. The Kier molecular flexibility index (Phi) is 3.63. The summed E-state index contributed by atoms with van der Waals surface area (Å²) in [5.74, 6) is -0.905. The predicted octanol–water partition coefficient (Wildman–Crippen LogP) is 0.517. The van der Waals surface area contributed by atoms with Crippen molar-refractivity contribution < 1.29 is 19.0 Å². The zero-order valence-electron chi connectivity index (χ0n) is 14.1. The van der Waals surface area contributed by atoms with Crippen molar-refractivity contribution in [3.63, 3.8) is 0 Å². The van der Waals surface area contributed by atoms with Gasteiger partial charge in [-0.2, -0.15) is 4.98 Å². The number of aromatic nitrogens is 4. The van der Waals surface area contributed by atoms with Gasteiger partial charge in [-0.05, 0) is 13.8 Å². The third kappa shape index (κ3) is 2.92. The highest BCUT2D eigenvalue weighted by Gasteiger charge is 2.45. The molecule has 2 N–H and O–H groups in total. The van der Waals surface area contributed by atoms with Gasteiger partial charge in [-0.1, -0.05) is 0 Å². The molecular weight excluding hydrogens is 330 g/mol. The van der Waals surface area contributed by atoms with E-state index in [4.69, 9.17) is 14.2 Å². The largest absolute Gasteiger partial charge is 0.349 e. The van der Waals surface area contributed by atoms with Gasteiger partial charge in [-0.15, -0.1) is 0 Å². The van der Waals surface area contributed by atoms with E-state index in [1.165, 1.54) is 13.3 Å². The van der Waals surface area contributed by atoms with Crippen LogP contribution >= 0.6 is 0 Å². The maximum atomic E-state index is 12.1. The molecule has 10 heteroatoms. The van der Waals surface area contributed by atoms with Crippen molar-refractivity contribution in [2.45, 2.75) is 51.4 Å². The third-order valence-corrected chi connectivity index (χ3v) is 4.25. The standard InChI is InChI=1S/C15H19N5O5/c1-7(21)17-14-18-12-11(13(22)19-14)16-6-20(12)10-4-8-9(24-10)5-23-15(2,3)25-8/h6,8-10H,4-5H2,1-3H3,(H2,17,18,19,21,22)/t8-,9-,10+/m1/s1. The molecule has 3 atom stereocenters. The van der Waals surface area contributed by atoms with Crippen molar-refractivity contribution in [1.82, 2.24) is 19.5 Å². The molecule has 0 radical (unpaired) electrons. The molecular formula is C15H19N5O5. The fourth-order valence-electron chi connectivity index (χ4n) is 3.19. The number of imidazole rings is 1. The lowest BCUT2D eigenvalue weighted by atomic mass is 10.1. The maximum Gasteiger partial charge on any atom is 0.280 e. The lowest BCUT2D eigenvalue weighted by molar-refractivity contribution is -0.293. The minimum atomic E-state index is -0.648. The number of hydrogen-bond acceptors (Lipinski definition) is 7. The molecule has 0 unspecified atom stereocenters. The summed E-state index contributed by atoms with van der Waals surface area (Å²) in [6.45, 7) is 5.51. The molecule has 0 aromatic carbocycles. The SMILES string of the molecule is CC(=O)Nc1nc2c(ncn2[C@@H]2C[C@H]3OC(C)(C)OC[C@H]3O2)c(=O)[nH]1. The van der Waals surface area contributed by atoms with Crippen LogP contribution in [0.1, 0.15) is 33.4 Å². The Labute approximate surface area is 142 Å². The molecule has 0 bridgehead atoms. The fourth-order valence-corrected chi connectivity index (χ4v) is 3.19. The molecule has 4 rings (SSSR count). The number of ether oxygens (including phenoxy) is 3. The zero-order chi connectivity index (χ0) is 17.8. The predicted molar refractivity (Wildman–Crippen MR) is 85.9 cm³/mol. The van der Waals surface area contributed by atoms with Crippen LogP contribution in [0.2, 0.25) is 0 Å². The van der Waals surface area contributed by atoms with Crippen LogP contribution in [0.4, 0.5) is 5.95 Å². The second kappa shape index (κ2) is 5.61. The van der Waals surface area contributed by atoms with Gasteiger partial charge in [-0.3, -0.25) is 24.5 Å². The van der Waals surface area contributed by atoms with E-state index < -0.39 is 11.3 Å². The van der Waals surface area contributed by atoms with E-state index in [0.29, 0.717) is 18.7 Å². The van der Waals surface area contributed by atoms with Crippen molar-refractivity contribution >= 4 is 23.0 Å². The first-order chi connectivity index (χ1) is 11.8. The van der Waals surface area contributed by atoms with Gasteiger partial charge >= 0.3 is 0 Å². The molecule has 25 heavy (non-hydrogen) atoms. The van der Waals surface area contributed by atoms with E-state index in [2.05, 4.69) is 20.3 Å². The molecule has 0 saturated carbocycles. The maximum absolute atomic E-state index is 12.1. The number of H-pyrrole nitrogens is 1. The first-order valence-corrected chi connectivity index (χ1v) is 8.04. The van der Waals surface area contributed by atoms with Crippen LogP contribution < -0.4 is 10.9 Å². The number of aromatic amines is 1. The quantitative estimate of drug-likeness (QED) is 0.810. The number of nitrogens with one attached hydrogen (secondary N) is 2. The van der Waals surface area contributed by atoms with E-state index >= 15 is 0 Å². The number of anilines is 1. The summed E-state index contributed by atoms with van der Waals surface area (Å²) in [6.07, 6.45) is 1.43. The molecule has 2 aliphatic rings. The summed E-state index contributed by atoms with van der Waals surface area (Å²) in [5, 5.41) is 2.47. The van der Waals surface area contributed by atoms with Crippen molar-refractivity contribution in [3.05, 3.63) is 16.7 Å². The molecule has 10 nitrogen and oxygen atoms in total. The normalized spacial score (nSPS) is 28.0. The Morgan fingerprint density at radius 2 is 2.24 bits per heavy atom. The average Bonchev–Trinajstić information content (AvgIpc) is 3.08. The minimum absolute atomic E-state index is 0.0721. The van der Waals surface area contributed by atoms with Gasteiger partial charge in [0.05, 0.1) is 19.0 Å². The first-order valence-electron chi connectivity index (χ1n) is 8.04. The van der Waals surface area contributed by atoms with E-state index in [-0.39, 0.29) is 35.8 Å². The zero-order valence-corrected chi connectivity index (χ0v) is 14.1. The number of carbonyl (C=O) groups is 1. The second-order valence-electron chi connectivity index (χ2n) is 6.65. The van der Waals surface area contributed by atoms with Crippen LogP contribution in [0.15, 0.2) is 11.1 Å². The number of fused-ring (bicyclic) bond motifs is 2. The van der Waals surface area contributed by atoms with Crippen LogP contribution in [-0.2, 0) is 19.0 Å². The van der Waals surface area contributed by atoms with Crippen LogP contribution in [0.3, 0.4) is 0 Å². The number of nitrogens with zero attached hydrogens (tertiary/aromatic N) is 3. The lowest BCUT2D eigenvalue weighted by Crippen LogP contribution is -2.46. The van der Waals surface area contributed by atoms with Gasteiger partial charge in [0.25, 0.3) is 5.56 Å². The Morgan fingerprint density at radius 3 is 3.00 bits per heavy atom. The van der Waals surface area contributed by atoms with Crippen molar-refractivity contribution in [1.29, 1.82) is 0 Å². The van der Waals surface area contributed by atoms with Crippen LogP contribution in [0, 0.1) is 0 Å². The summed E-state index contributed by atoms with van der Waals surface area (Å²) in [6, 6.07) is 0. The number of rotatable bonds is 2. The summed E-state index contributed by atoms with van der Waals surface area (Å²) in [7, 11) is 0. The highest BCUT2D eigenvalue weighted by Crippen LogP contribution is 2.37. The molecule has 0 aliphatic carbocycles.